The molecule has 100 valence electrons. The van der Waals surface area contributed by atoms with Crippen LogP contribution in [0.4, 0.5) is 0 Å². The molecule has 2 fully saturated rings. The Morgan fingerprint density at radius 1 is 1.18 bits per heavy atom. The van der Waals surface area contributed by atoms with Gasteiger partial charge in [-0.15, -0.1) is 0 Å². The zero-order valence-corrected chi connectivity index (χ0v) is 11.6. The Labute approximate surface area is 107 Å². The summed E-state index contributed by atoms with van der Waals surface area (Å²) in [7, 11) is 0. The van der Waals surface area contributed by atoms with Gasteiger partial charge in [0.15, 0.2) is 0 Å². The van der Waals surface area contributed by atoms with Crippen LogP contribution in [0.15, 0.2) is 0 Å². The summed E-state index contributed by atoms with van der Waals surface area (Å²) >= 11 is 0. The number of nitrogens with one attached hydrogen (secondary N) is 1. The molecule has 1 N–H and O–H groups in total. The van der Waals surface area contributed by atoms with Crippen molar-refractivity contribution in [3.63, 3.8) is 0 Å². The SMILES string of the molecule is CCC1CCCC(NCC2(C)CCCO2)CC1. The highest BCUT2D eigenvalue weighted by Crippen LogP contribution is 2.27. The average molecular weight is 239 g/mol. The summed E-state index contributed by atoms with van der Waals surface area (Å²) in [6.07, 6.45) is 10.8. The van der Waals surface area contributed by atoms with E-state index in [0.717, 1.165) is 25.1 Å². The van der Waals surface area contributed by atoms with Gasteiger partial charge in [0.05, 0.1) is 5.60 Å². The third kappa shape index (κ3) is 3.96. The summed E-state index contributed by atoms with van der Waals surface area (Å²) < 4.78 is 5.84. The third-order valence-corrected chi connectivity index (χ3v) is 4.73. The van der Waals surface area contributed by atoms with E-state index < -0.39 is 0 Å². The molecule has 0 radical (unpaired) electrons. The molecule has 0 aromatic carbocycles. The van der Waals surface area contributed by atoms with E-state index in [1.165, 1.54) is 51.4 Å². The lowest BCUT2D eigenvalue weighted by Crippen LogP contribution is -2.42. The van der Waals surface area contributed by atoms with Gasteiger partial charge in [0.2, 0.25) is 0 Å². The highest BCUT2D eigenvalue weighted by molar-refractivity contribution is 4.85. The van der Waals surface area contributed by atoms with Gasteiger partial charge in [-0.3, -0.25) is 0 Å². The molecule has 0 spiro atoms. The fraction of sp³-hybridized carbons (Fsp3) is 1.00. The van der Waals surface area contributed by atoms with Gasteiger partial charge < -0.3 is 10.1 Å². The Hall–Kier alpha value is -0.0800. The first kappa shape index (κ1) is 13.4. The lowest BCUT2D eigenvalue weighted by atomic mass is 9.97. The van der Waals surface area contributed by atoms with Gasteiger partial charge in [0, 0.05) is 19.2 Å². The van der Waals surface area contributed by atoms with Crippen molar-refractivity contribution in [2.45, 2.75) is 76.9 Å². The zero-order valence-electron chi connectivity index (χ0n) is 11.6. The van der Waals surface area contributed by atoms with E-state index in [2.05, 4.69) is 19.2 Å². The van der Waals surface area contributed by atoms with E-state index in [0.29, 0.717) is 0 Å². The van der Waals surface area contributed by atoms with Crippen molar-refractivity contribution in [1.29, 1.82) is 0 Å². The molecule has 1 saturated heterocycles. The van der Waals surface area contributed by atoms with Gasteiger partial charge in [-0.05, 0) is 44.9 Å². The van der Waals surface area contributed by atoms with Crippen molar-refractivity contribution >= 4 is 0 Å². The largest absolute Gasteiger partial charge is 0.374 e. The first-order chi connectivity index (χ1) is 8.22. The van der Waals surface area contributed by atoms with Gasteiger partial charge in [0.1, 0.15) is 0 Å². The quantitative estimate of drug-likeness (QED) is 0.758. The molecule has 2 rings (SSSR count). The molecule has 1 heterocycles. The monoisotopic (exact) mass is 239 g/mol. The molecule has 17 heavy (non-hydrogen) atoms. The molecular weight excluding hydrogens is 210 g/mol. The summed E-state index contributed by atoms with van der Waals surface area (Å²) in [5, 5.41) is 3.76. The molecule has 2 aliphatic rings. The Morgan fingerprint density at radius 2 is 2.06 bits per heavy atom. The first-order valence-electron chi connectivity index (χ1n) is 7.59. The summed E-state index contributed by atoms with van der Waals surface area (Å²) in [6.45, 7) is 6.61. The van der Waals surface area contributed by atoms with Crippen molar-refractivity contribution in [3.05, 3.63) is 0 Å². The van der Waals surface area contributed by atoms with Crippen molar-refractivity contribution < 1.29 is 4.74 Å². The van der Waals surface area contributed by atoms with Crippen LogP contribution in [0.3, 0.4) is 0 Å². The Morgan fingerprint density at radius 3 is 2.76 bits per heavy atom. The summed E-state index contributed by atoms with van der Waals surface area (Å²) in [4.78, 5) is 0. The Balaban J connectivity index is 1.71. The average Bonchev–Trinajstić information content (AvgIpc) is 2.64. The van der Waals surface area contributed by atoms with Crippen LogP contribution in [0.1, 0.15) is 65.2 Å². The summed E-state index contributed by atoms with van der Waals surface area (Å²) in [5.74, 6) is 0.986. The van der Waals surface area contributed by atoms with Crippen molar-refractivity contribution in [2.75, 3.05) is 13.2 Å². The maximum atomic E-state index is 5.84. The predicted molar refractivity (Wildman–Crippen MR) is 72.2 cm³/mol. The Bertz CT molecular complexity index is 223. The van der Waals surface area contributed by atoms with E-state index in [-0.39, 0.29) is 5.60 Å². The van der Waals surface area contributed by atoms with Crippen molar-refractivity contribution in [3.8, 4) is 0 Å². The molecule has 0 bridgehead atoms. The van der Waals surface area contributed by atoms with Crippen LogP contribution < -0.4 is 5.32 Å². The molecule has 3 atom stereocenters. The van der Waals surface area contributed by atoms with Crippen LogP contribution >= 0.6 is 0 Å². The smallest absolute Gasteiger partial charge is 0.0779 e. The number of rotatable bonds is 4. The second-order valence-corrected chi connectivity index (χ2v) is 6.26. The van der Waals surface area contributed by atoms with Crippen LogP contribution in [0.5, 0.6) is 0 Å². The Kier molecular flexibility index (Phi) is 4.87. The second kappa shape index (κ2) is 6.19. The third-order valence-electron chi connectivity index (χ3n) is 4.73. The highest BCUT2D eigenvalue weighted by atomic mass is 16.5. The molecule has 0 aromatic rings. The molecule has 0 amide bonds. The fourth-order valence-electron chi connectivity index (χ4n) is 3.33. The van der Waals surface area contributed by atoms with E-state index in [1.807, 2.05) is 0 Å². The minimum Gasteiger partial charge on any atom is -0.374 e. The van der Waals surface area contributed by atoms with E-state index in [4.69, 9.17) is 4.74 Å². The van der Waals surface area contributed by atoms with Crippen LogP contribution in [-0.2, 0) is 4.74 Å². The van der Waals surface area contributed by atoms with Crippen molar-refractivity contribution in [1.82, 2.24) is 5.32 Å². The minimum absolute atomic E-state index is 0.121. The van der Waals surface area contributed by atoms with Crippen LogP contribution in [0, 0.1) is 5.92 Å². The molecule has 3 unspecified atom stereocenters. The topological polar surface area (TPSA) is 21.3 Å². The van der Waals surface area contributed by atoms with Crippen LogP contribution in [0.25, 0.3) is 0 Å². The zero-order chi connectivity index (χ0) is 12.1. The molecule has 1 aliphatic carbocycles. The van der Waals surface area contributed by atoms with Crippen LogP contribution in [-0.4, -0.2) is 24.8 Å². The number of hydrogen-bond donors (Lipinski definition) is 1. The van der Waals surface area contributed by atoms with Gasteiger partial charge in [-0.2, -0.15) is 0 Å². The molecule has 2 heteroatoms. The summed E-state index contributed by atoms with van der Waals surface area (Å²) in [5.41, 5.74) is 0.121. The van der Waals surface area contributed by atoms with Crippen LogP contribution in [0.2, 0.25) is 0 Å². The number of ether oxygens (including phenoxy) is 1. The fourth-order valence-corrected chi connectivity index (χ4v) is 3.33. The first-order valence-corrected chi connectivity index (χ1v) is 7.59. The minimum atomic E-state index is 0.121. The molecule has 1 aliphatic heterocycles. The predicted octanol–water partition coefficient (Wildman–Crippen LogP) is 3.50. The van der Waals surface area contributed by atoms with Gasteiger partial charge >= 0.3 is 0 Å². The van der Waals surface area contributed by atoms with Gasteiger partial charge in [-0.25, -0.2) is 0 Å². The lowest BCUT2D eigenvalue weighted by molar-refractivity contribution is 0.0183. The van der Waals surface area contributed by atoms with E-state index >= 15 is 0 Å². The number of hydrogen-bond acceptors (Lipinski definition) is 2. The normalized spacial score (nSPS) is 39.2. The second-order valence-electron chi connectivity index (χ2n) is 6.26. The van der Waals surface area contributed by atoms with E-state index in [9.17, 15) is 0 Å². The summed E-state index contributed by atoms with van der Waals surface area (Å²) in [6, 6.07) is 0.743. The van der Waals surface area contributed by atoms with E-state index in [1.54, 1.807) is 0 Å². The maximum Gasteiger partial charge on any atom is 0.0779 e. The van der Waals surface area contributed by atoms with Gasteiger partial charge in [-0.1, -0.05) is 26.2 Å². The molecule has 1 saturated carbocycles. The standard InChI is InChI=1S/C15H29NO/c1-3-13-6-4-7-14(9-8-13)16-12-15(2)10-5-11-17-15/h13-14,16H,3-12H2,1-2H3. The maximum absolute atomic E-state index is 5.84. The molecular formula is C15H29NO. The van der Waals surface area contributed by atoms with Crippen molar-refractivity contribution in [2.24, 2.45) is 5.92 Å². The lowest BCUT2D eigenvalue weighted by Gasteiger charge is -2.27. The molecule has 2 nitrogen and oxygen atoms in total. The molecule has 0 aromatic heterocycles. The van der Waals surface area contributed by atoms with Gasteiger partial charge in [0.25, 0.3) is 0 Å². The highest BCUT2D eigenvalue weighted by Gasteiger charge is 2.30.